The van der Waals surface area contributed by atoms with Crippen LogP contribution in [-0.4, -0.2) is 41.6 Å². The number of aryl methyl sites for hydroxylation is 1. The Morgan fingerprint density at radius 3 is 2.83 bits per heavy atom. The third kappa shape index (κ3) is 4.07. The summed E-state index contributed by atoms with van der Waals surface area (Å²) in [5, 5.41) is 4.23. The number of likely N-dealkylation sites (tertiary alicyclic amines) is 1. The number of amides is 1. The molecule has 1 atom stereocenters. The molecule has 6 nitrogen and oxygen atoms in total. The topological polar surface area (TPSA) is 72.6 Å². The van der Waals surface area contributed by atoms with Crippen molar-refractivity contribution in [2.75, 3.05) is 19.7 Å². The van der Waals surface area contributed by atoms with Crippen LogP contribution in [0.1, 0.15) is 43.9 Å². The molecular formula is C23H28N2O4. The minimum atomic E-state index is -0.776. The second kappa shape index (κ2) is 8.01. The number of nitrogens with zero attached hydrogens (tertiary/aromatic N) is 2. The first-order valence-corrected chi connectivity index (χ1v) is 10.5. The Hall–Kier alpha value is -2.63. The van der Waals surface area contributed by atoms with E-state index in [1.54, 1.807) is 0 Å². The van der Waals surface area contributed by atoms with E-state index in [1.807, 2.05) is 49.1 Å². The van der Waals surface area contributed by atoms with Gasteiger partial charge in [-0.3, -0.25) is 9.59 Å². The van der Waals surface area contributed by atoms with E-state index in [2.05, 4.69) is 5.16 Å². The zero-order valence-corrected chi connectivity index (χ0v) is 17.1. The minimum absolute atomic E-state index is 0.144. The van der Waals surface area contributed by atoms with Gasteiger partial charge in [0.2, 0.25) is 5.91 Å². The molecule has 2 aromatic rings. The molecule has 0 bridgehead atoms. The molecule has 2 fully saturated rings. The van der Waals surface area contributed by atoms with Crippen molar-refractivity contribution in [3.05, 3.63) is 41.7 Å². The van der Waals surface area contributed by atoms with Crippen molar-refractivity contribution in [3.63, 3.8) is 0 Å². The Morgan fingerprint density at radius 1 is 1.31 bits per heavy atom. The normalized spacial score (nSPS) is 21.8. The van der Waals surface area contributed by atoms with Gasteiger partial charge >= 0.3 is 5.97 Å². The summed E-state index contributed by atoms with van der Waals surface area (Å²) >= 11 is 0. The zero-order chi connectivity index (χ0) is 20.4. The second-order valence-corrected chi connectivity index (χ2v) is 8.31. The lowest BCUT2D eigenvalue weighted by Gasteiger charge is -2.40. The summed E-state index contributed by atoms with van der Waals surface area (Å²) in [4.78, 5) is 27.5. The van der Waals surface area contributed by atoms with Gasteiger partial charge in [-0.15, -0.1) is 0 Å². The average Bonchev–Trinajstić information content (AvgIpc) is 3.48. The fraction of sp³-hybridized carbons (Fsp3) is 0.522. The summed E-state index contributed by atoms with van der Waals surface area (Å²) in [7, 11) is 0. The number of ether oxygens (including phenoxy) is 1. The number of rotatable bonds is 6. The number of piperidine rings is 1. The van der Waals surface area contributed by atoms with Gasteiger partial charge in [0, 0.05) is 37.1 Å². The number of carbonyl (C=O) groups excluding carboxylic acids is 2. The van der Waals surface area contributed by atoms with Gasteiger partial charge in [0.25, 0.3) is 0 Å². The van der Waals surface area contributed by atoms with Gasteiger partial charge in [0.1, 0.15) is 11.5 Å². The molecule has 1 aliphatic heterocycles. The average molecular weight is 396 g/mol. The minimum Gasteiger partial charge on any atom is -0.466 e. The summed E-state index contributed by atoms with van der Waals surface area (Å²) < 4.78 is 11.1. The quantitative estimate of drug-likeness (QED) is 0.695. The number of aromatic nitrogens is 1. The van der Waals surface area contributed by atoms with Crippen molar-refractivity contribution in [1.29, 1.82) is 0 Å². The molecule has 0 N–H and O–H groups in total. The molecule has 2 heterocycles. The van der Waals surface area contributed by atoms with Gasteiger partial charge in [-0.25, -0.2) is 0 Å². The van der Waals surface area contributed by atoms with Crippen molar-refractivity contribution in [1.82, 2.24) is 10.1 Å². The molecule has 1 aromatic heterocycles. The van der Waals surface area contributed by atoms with E-state index < -0.39 is 5.41 Å². The molecule has 0 radical (unpaired) electrons. The number of hydrogen-bond acceptors (Lipinski definition) is 5. The van der Waals surface area contributed by atoms with Crippen LogP contribution in [0, 0.1) is 18.3 Å². The highest BCUT2D eigenvalue weighted by Crippen LogP contribution is 2.39. The first kappa shape index (κ1) is 19.7. The maximum atomic E-state index is 13.0. The first-order chi connectivity index (χ1) is 14.0. The monoisotopic (exact) mass is 396 g/mol. The van der Waals surface area contributed by atoms with E-state index in [0.717, 1.165) is 36.1 Å². The lowest BCUT2D eigenvalue weighted by Crippen LogP contribution is -2.52. The van der Waals surface area contributed by atoms with Crippen molar-refractivity contribution in [2.24, 2.45) is 11.3 Å². The molecule has 1 saturated heterocycles. The molecule has 6 heteroatoms. The highest BCUT2D eigenvalue weighted by Gasteiger charge is 2.47. The standard InChI is InChI=1S/C23H28N2O4/c1-3-28-22(27)23(11-6-12-25(15-23)21(26)17-9-10-17)14-18-13-20(24-29-18)19-8-5-4-7-16(19)2/h4-5,7-8,13,17H,3,6,9-12,14-15H2,1-2H3/t23-/m0/s1. The van der Waals surface area contributed by atoms with Crippen LogP contribution < -0.4 is 0 Å². The molecule has 29 heavy (non-hydrogen) atoms. The van der Waals surface area contributed by atoms with Crippen molar-refractivity contribution in [3.8, 4) is 11.3 Å². The molecule has 1 saturated carbocycles. The fourth-order valence-corrected chi connectivity index (χ4v) is 4.29. The van der Waals surface area contributed by atoms with Crippen LogP contribution in [-0.2, 0) is 20.7 Å². The molecule has 0 spiro atoms. The summed E-state index contributed by atoms with van der Waals surface area (Å²) in [6.07, 6.45) is 3.78. The maximum absolute atomic E-state index is 13.0. The largest absolute Gasteiger partial charge is 0.466 e. The molecule has 1 aromatic carbocycles. The summed E-state index contributed by atoms with van der Waals surface area (Å²) in [6.45, 7) is 5.27. The molecule has 4 rings (SSSR count). The molecular weight excluding hydrogens is 368 g/mol. The zero-order valence-electron chi connectivity index (χ0n) is 17.1. The van der Waals surface area contributed by atoms with Crippen LogP contribution in [0.3, 0.4) is 0 Å². The van der Waals surface area contributed by atoms with E-state index in [4.69, 9.17) is 9.26 Å². The third-order valence-electron chi connectivity index (χ3n) is 6.02. The SMILES string of the molecule is CCOC(=O)[C@]1(Cc2cc(-c3ccccc3C)no2)CCCN(C(=O)C2CC2)C1. The summed E-state index contributed by atoms with van der Waals surface area (Å²) in [5.74, 6) is 0.724. The van der Waals surface area contributed by atoms with Crippen LogP contribution in [0.2, 0.25) is 0 Å². The van der Waals surface area contributed by atoms with Gasteiger partial charge in [-0.05, 0) is 45.1 Å². The van der Waals surface area contributed by atoms with Crippen LogP contribution >= 0.6 is 0 Å². The van der Waals surface area contributed by atoms with Crippen molar-refractivity contribution < 1.29 is 18.8 Å². The third-order valence-corrected chi connectivity index (χ3v) is 6.02. The van der Waals surface area contributed by atoms with E-state index >= 15 is 0 Å². The Balaban J connectivity index is 1.58. The number of benzene rings is 1. The van der Waals surface area contributed by atoms with Gasteiger partial charge < -0.3 is 14.2 Å². The van der Waals surface area contributed by atoms with E-state index in [1.165, 1.54) is 0 Å². The lowest BCUT2D eigenvalue weighted by atomic mass is 9.76. The Bertz CT molecular complexity index is 902. The summed E-state index contributed by atoms with van der Waals surface area (Å²) in [6, 6.07) is 9.91. The smallest absolute Gasteiger partial charge is 0.314 e. The van der Waals surface area contributed by atoms with Crippen LogP contribution in [0.25, 0.3) is 11.3 Å². The number of carbonyl (C=O) groups is 2. The van der Waals surface area contributed by atoms with Crippen LogP contribution in [0.5, 0.6) is 0 Å². The molecule has 1 aliphatic carbocycles. The van der Waals surface area contributed by atoms with Crippen LogP contribution in [0.4, 0.5) is 0 Å². The fourth-order valence-electron chi connectivity index (χ4n) is 4.29. The highest BCUT2D eigenvalue weighted by atomic mass is 16.5. The van der Waals surface area contributed by atoms with Crippen molar-refractivity contribution in [2.45, 2.75) is 46.0 Å². The predicted octanol–water partition coefficient (Wildman–Crippen LogP) is 3.77. The lowest BCUT2D eigenvalue weighted by molar-refractivity contribution is -0.161. The molecule has 0 unspecified atom stereocenters. The van der Waals surface area contributed by atoms with Gasteiger partial charge in [0.15, 0.2) is 0 Å². The van der Waals surface area contributed by atoms with Gasteiger partial charge in [-0.1, -0.05) is 29.4 Å². The second-order valence-electron chi connectivity index (χ2n) is 8.31. The number of esters is 1. The van der Waals surface area contributed by atoms with Crippen LogP contribution in [0.15, 0.2) is 34.9 Å². The van der Waals surface area contributed by atoms with Gasteiger partial charge in [0.05, 0.1) is 12.0 Å². The van der Waals surface area contributed by atoms with E-state index in [0.29, 0.717) is 38.3 Å². The Kier molecular flexibility index (Phi) is 5.43. The molecule has 154 valence electrons. The number of hydrogen-bond donors (Lipinski definition) is 0. The highest BCUT2D eigenvalue weighted by molar-refractivity contribution is 5.83. The predicted molar refractivity (Wildman–Crippen MR) is 108 cm³/mol. The van der Waals surface area contributed by atoms with E-state index in [9.17, 15) is 9.59 Å². The summed E-state index contributed by atoms with van der Waals surface area (Å²) in [5.41, 5.74) is 2.12. The van der Waals surface area contributed by atoms with Crippen molar-refractivity contribution >= 4 is 11.9 Å². The van der Waals surface area contributed by atoms with E-state index in [-0.39, 0.29) is 17.8 Å². The maximum Gasteiger partial charge on any atom is 0.314 e. The van der Waals surface area contributed by atoms with Gasteiger partial charge in [-0.2, -0.15) is 0 Å². The molecule has 1 amide bonds. The molecule has 2 aliphatic rings. The first-order valence-electron chi connectivity index (χ1n) is 10.5. The Labute approximate surface area is 171 Å². The Morgan fingerprint density at radius 2 is 2.10 bits per heavy atom.